The summed E-state index contributed by atoms with van der Waals surface area (Å²) in [4.78, 5) is 29.0. The molecule has 25 heavy (non-hydrogen) atoms. The molecule has 0 aliphatic heterocycles. The Morgan fingerprint density at radius 1 is 1.32 bits per heavy atom. The number of carbonyl (C=O) groups is 1. The van der Waals surface area contributed by atoms with Crippen LogP contribution in [-0.4, -0.2) is 20.0 Å². The maximum atomic E-state index is 12.1. The molecule has 0 fully saturated rings. The van der Waals surface area contributed by atoms with Crippen molar-refractivity contribution >= 4 is 34.7 Å². The van der Waals surface area contributed by atoms with Crippen LogP contribution in [0.3, 0.4) is 0 Å². The van der Waals surface area contributed by atoms with Gasteiger partial charge in [-0.2, -0.15) is 0 Å². The van der Waals surface area contributed by atoms with Crippen molar-refractivity contribution in [1.29, 1.82) is 0 Å². The molecule has 3 aromatic rings. The predicted octanol–water partition coefficient (Wildman–Crippen LogP) is 3.13. The van der Waals surface area contributed by atoms with Crippen LogP contribution in [0.5, 0.6) is 0 Å². The van der Waals surface area contributed by atoms with Gasteiger partial charge in [-0.15, -0.1) is 0 Å². The quantitative estimate of drug-likeness (QED) is 0.720. The molecular weight excluding hydrogens is 356 g/mol. The third-order valence-electron chi connectivity index (χ3n) is 3.66. The van der Waals surface area contributed by atoms with E-state index in [9.17, 15) is 9.59 Å². The van der Waals surface area contributed by atoms with E-state index in [1.54, 1.807) is 27.9 Å². The van der Waals surface area contributed by atoms with E-state index < -0.39 is 0 Å². The first kappa shape index (κ1) is 17.5. The summed E-state index contributed by atoms with van der Waals surface area (Å²) in [7, 11) is 1.95. The van der Waals surface area contributed by atoms with E-state index >= 15 is 0 Å². The zero-order valence-electron chi connectivity index (χ0n) is 13.9. The van der Waals surface area contributed by atoms with Crippen LogP contribution < -0.4 is 10.2 Å². The summed E-state index contributed by atoms with van der Waals surface area (Å²) in [5, 5.41) is 5.57. The highest BCUT2D eigenvalue weighted by atomic mass is 32.2. The number of thiazole rings is 1. The van der Waals surface area contributed by atoms with Crippen LogP contribution in [0.4, 0.5) is 5.69 Å². The first-order valence-corrected chi connectivity index (χ1v) is 9.42. The summed E-state index contributed by atoms with van der Waals surface area (Å²) in [6.45, 7) is 2.26. The summed E-state index contributed by atoms with van der Waals surface area (Å²) in [6.07, 6.45) is 3.93. The van der Waals surface area contributed by atoms with Crippen molar-refractivity contribution in [3.8, 4) is 0 Å². The fourth-order valence-electron chi connectivity index (χ4n) is 2.27. The molecule has 3 rings (SSSR count). The topological polar surface area (TPSA) is 68.9 Å². The molecule has 0 spiro atoms. The molecule has 2 heterocycles. The molecule has 1 aromatic carbocycles. The average Bonchev–Trinajstić information content (AvgIpc) is 3.13. The molecule has 0 saturated heterocycles. The fourth-order valence-corrected chi connectivity index (χ4v) is 3.84. The monoisotopic (exact) mass is 374 g/mol. The SMILES string of the molecule is Cc1csc(=O)n1CCC(=O)Nc1ccc(Sc2nccn2C)cc1. The minimum Gasteiger partial charge on any atom is -0.329 e. The van der Waals surface area contributed by atoms with Crippen molar-refractivity contribution in [3.63, 3.8) is 0 Å². The van der Waals surface area contributed by atoms with E-state index in [4.69, 9.17) is 0 Å². The van der Waals surface area contributed by atoms with Gasteiger partial charge in [0.2, 0.25) is 5.91 Å². The lowest BCUT2D eigenvalue weighted by Crippen LogP contribution is -2.20. The van der Waals surface area contributed by atoms with Gasteiger partial charge in [-0.05, 0) is 31.2 Å². The molecule has 0 atom stereocenters. The molecule has 1 amide bonds. The van der Waals surface area contributed by atoms with Gasteiger partial charge >= 0.3 is 4.87 Å². The van der Waals surface area contributed by atoms with Crippen molar-refractivity contribution in [3.05, 3.63) is 57.4 Å². The van der Waals surface area contributed by atoms with E-state index in [0.717, 1.165) is 32.8 Å². The number of imidazole rings is 1. The third kappa shape index (κ3) is 4.40. The molecular formula is C17H18N4O2S2. The molecule has 0 aliphatic rings. The Hall–Kier alpha value is -2.32. The fraction of sp³-hybridized carbons (Fsp3) is 0.235. The maximum Gasteiger partial charge on any atom is 0.307 e. The predicted molar refractivity (Wildman–Crippen MR) is 100 cm³/mol. The third-order valence-corrected chi connectivity index (χ3v) is 5.63. The number of hydrogen-bond donors (Lipinski definition) is 1. The van der Waals surface area contributed by atoms with E-state index in [-0.39, 0.29) is 17.2 Å². The van der Waals surface area contributed by atoms with Crippen LogP contribution in [0, 0.1) is 6.92 Å². The van der Waals surface area contributed by atoms with Crippen molar-refractivity contribution < 1.29 is 4.79 Å². The normalized spacial score (nSPS) is 10.8. The van der Waals surface area contributed by atoms with Gasteiger partial charge in [-0.1, -0.05) is 23.1 Å². The summed E-state index contributed by atoms with van der Waals surface area (Å²) in [5.74, 6) is -0.109. The van der Waals surface area contributed by atoms with Gasteiger partial charge in [0.25, 0.3) is 0 Å². The highest BCUT2D eigenvalue weighted by Crippen LogP contribution is 2.26. The summed E-state index contributed by atoms with van der Waals surface area (Å²) in [6, 6.07) is 7.63. The second kappa shape index (κ2) is 7.71. The second-order valence-electron chi connectivity index (χ2n) is 5.54. The highest BCUT2D eigenvalue weighted by Gasteiger charge is 2.08. The van der Waals surface area contributed by atoms with Crippen molar-refractivity contribution in [2.24, 2.45) is 7.05 Å². The van der Waals surface area contributed by atoms with E-state index in [1.807, 2.05) is 49.0 Å². The van der Waals surface area contributed by atoms with Gasteiger partial charge < -0.3 is 14.5 Å². The average molecular weight is 374 g/mol. The van der Waals surface area contributed by atoms with Gasteiger partial charge in [0.1, 0.15) is 0 Å². The first-order chi connectivity index (χ1) is 12.0. The number of nitrogens with one attached hydrogen (secondary N) is 1. The van der Waals surface area contributed by atoms with Crippen LogP contribution >= 0.6 is 23.1 Å². The van der Waals surface area contributed by atoms with Gasteiger partial charge in [-0.25, -0.2) is 4.98 Å². The Labute approximate surface area is 153 Å². The molecule has 6 nitrogen and oxygen atoms in total. The minimum absolute atomic E-state index is 0.0269. The second-order valence-corrected chi connectivity index (χ2v) is 7.40. The molecule has 0 bridgehead atoms. The smallest absolute Gasteiger partial charge is 0.307 e. The summed E-state index contributed by atoms with van der Waals surface area (Å²) in [5.41, 5.74) is 1.63. The van der Waals surface area contributed by atoms with E-state index in [0.29, 0.717) is 6.54 Å². The van der Waals surface area contributed by atoms with Crippen LogP contribution in [0.1, 0.15) is 12.1 Å². The van der Waals surface area contributed by atoms with E-state index in [1.165, 1.54) is 0 Å². The highest BCUT2D eigenvalue weighted by molar-refractivity contribution is 7.99. The zero-order valence-corrected chi connectivity index (χ0v) is 15.6. The van der Waals surface area contributed by atoms with Crippen molar-refractivity contribution in [2.45, 2.75) is 29.9 Å². The number of nitrogens with zero attached hydrogens (tertiary/aromatic N) is 3. The molecule has 0 unspecified atom stereocenters. The van der Waals surface area contributed by atoms with E-state index in [2.05, 4.69) is 10.3 Å². The van der Waals surface area contributed by atoms with Crippen LogP contribution in [0.2, 0.25) is 0 Å². The van der Waals surface area contributed by atoms with Crippen LogP contribution in [0.15, 0.2) is 56.9 Å². The van der Waals surface area contributed by atoms with Gasteiger partial charge in [0.15, 0.2) is 5.16 Å². The van der Waals surface area contributed by atoms with Crippen LogP contribution in [-0.2, 0) is 18.4 Å². The van der Waals surface area contributed by atoms with Gasteiger partial charge in [-0.3, -0.25) is 9.59 Å². The molecule has 2 aromatic heterocycles. The molecule has 0 saturated carbocycles. The number of hydrogen-bond acceptors (Lipinski definition) is 5. The lowest BCUT2D eigenvalue weighted by molar-refractivity contribution is -0.116. The molecule has 0 aliphatic carbocycles. The zero-order chi connectivity index (χ0) is 17.8. The van der Waals surface area contributed by atoms with Gasteiger partial charge in [0.05, 0.1) is 0 Å². The summed E-state index contributed by atoms with van der Waals surface area (Å²) >= 11 is 2.72. The number of aryl methyl sites for hydroxylation is 2. The van der Waals surface area contributed by atoms with Gasteiger partial charge in [0, 0.05) is 54.1 Å². The Morgan fingerprint density at radius 2 is 2.08 bits per heavy atom. The Bertz CT molecular complexity index is 925. The largest absolute Gasteiger partial charge is 0.329 e. The van der Waals surface area contributed by atoms with Crippen molar-refractivity contribution in [2.75, 3.05) is 5.32 Å². The maximum absolute atomic E-state index is 12.1. The standard InChI is InChI=1S/C17H18N4O2S2/c1-12-11-24-17(23)21(12)9-7-15(22)19-13-3-5-14(6-4-13)25-16-18-8-10-20(16)2/h3-6,8,10-11H,7,9H2,1-2H3,(H,19,22). The number of rotatable bonds is 6. The Morgan fingerprint density at radius 3 is 2.68 bits per heavy atom. The molecule has 0 radical (unpaired) electrons. The number of aromatic nitrogens is 3. The first-order valence-electron chi connectivity index (χ1n) is 7.73. The molecule has 1 N–H and O–H groups in total. The number of carbonyl (C=O) groups excluding carboxylic acids is 1. The lowest BCUT2D eigenvalue weighted by atomic mass is 10.3. The Balaban J connectivity index is 1.55. The molecule has 8 heteroatoms. The number of amides is 1. The number of anilines is 1. The van der Waals surface area contributed by atoms with Crippen LogP contribution in [0.25, 0.3) is 0 Å². The minimum atomic E-state index is -0.109. The molecule has 130 valence electrons. The Kier molecular flexibility index (Phi) is 5.40. The summed E-state index contributed by atoms with van der Waals surface area (Å²) < 4.78 is 3.57. The number of benzene rings is 1. The lowest BCUT2D eigenvalue weighted by Gasteiger charge is -2.07. The van der Waals surface area contributed by atoms with Crippen molar-refractivity contribution in [1.82, 2.24) is 14.1 Å².